The predicted octanol–water partition coefficient (Wildman–Crippen LogP) is 2.78. The number of aromatic carboxylic acids is 1. The summed E-state index contributed by atoms with van der Waals surface area (Å²) in [5.41, 5.74) is 0.996. The van der Waals surface area contributed by atoms with Crippen LogP contribution in [0.2, 0.25) is 15.1 Å². The van der Waals surface area contributed by atoms with Crippen molar-refractivity contribution in [1.29, 1.82) is 0 Å². The van der Waals surface area contributed by atoms with Gasteiger partial charge in [0.2, 0.25) is 5.89 Å². The second kappa shape index (κ2) is 7.91. The third-order valence-corrected chi connectivity index (χ3v) is 4.49. The third-order valence-electron chi connectivity index (χ3n) is 3.19. The number of aromatic nitrogens is 1. The first-order valence-corrected chi connectivity index (χ1v) is 7.55. The second-order valence-corrected chi connectivity index (χ2v) is 5.77. The fourth-order valence-electron chi connectivity index (χ4n) is 2.10. The summed E-state index contributed by atoms with van der Waals surface area (Å²) >= 11 is 18.1. The van der Waals surface area contributed by atoms with Crippen molar-refractivity contribution < 1.29 is 45.3 Å². The van der Waals surface area contributed by atoms with Crippen LogP contribution in [0.1, 0.15) is 11.8 Å². The number of benzene rings is 2. The van der Waals surface area contributed by atoms with Crippen molar-refractivity contribution in [3.05, 3.63) is 63.2 Å². The zero-order valence-corrected chi connectivity index (χ0v) is 16.7. The van der Waals surface area contributed by atoms with Crippen LogP contribution in [0.15, 0.2) is 47.0 Å². The van der Waals surface area contributed by atoms with E-state index in [4.69, 9.17) is 39.2 Å². The van der Waals surface area contributed by atoms with Crippen molar-refractivity contribution in [2.45, 2.75) is 0 Å². The Kier molecular flexibility index (Phi) is 6.37. The molecule has 1 heterocycles. The minimum atomic E-state index is -1.06. The maximum atomic E-state index is 11.3. The van der Waals surface area contributed by atoms with Crippen LogP contribution in [0.5, 0.6) is 0 Å². The zero-order chi connectivity index (χ0) is 16.6. The van der Waals surface area contributed by atoms with Crippen molar-refractivity contribution in [3.8, 4) is 22.8 Å². The standard InChI is InChI=1S/C16H8Cl3NO3.Na.H/c17-11-6-5-10(13(18)14(11)19)12-7-20-15(23-12)8-3-1-2-4-9(8)16(21)22;;/h1-7H,(H,21,22);;/q;+1;-1. The Morgan fingerprint density at radius 1 is 1.04 bits per heavy atom. The van der Waals surface area contributed by atoms with Gasteiger partial charge in [-0.2, -0.15) is 0 Å². The summed E-state index contributed by atoms with van der Waals surface area (Å²) in [6.07, 6.45) is 1.46. The Morgan fingerprint density at radius 3 is 2.46 bits per heavy atom. The molecule has 0 radical (unpaired) electrons. The van der Waals surface area contributed by atoms with E-state index in [1.807, 2.05) is 0 Å². The molecule has 118 valence electrons. The molecule has 4 nitrogen and oxygen atoms in total. The van der Waals surface area contributed by atoms with Gasteiger partial charge < -0.3 is 11.0 Å². The summed E-state index contributed by atoms with van der Waals surface area (Å²) in [5, 5.41) is 10.0. The van der Waals surface area contributed by atoms with E-state index in [9.17, 15) is 9.90 Å². The smallest absolute Gasteiger partial charge is 1.00 e. The van der Waals surface area contributed by atoms with Crippen LogP contribution in [-0.4, -0.2) is 16.1 Å². The van der Waals surface area contributed by atoms with Gasteiger partial charge in [-0.3, -0.25) is 0 Å². The van der Waals surface area contributed by atoms with E-state index in [1.165, 1.54) is 12.3 Å². The molecule has 3 aromatic rings. The van der Waals surface area contributed by atoms with E-state index < -0.39 is 5.97 Å². The average Bonchev–Trinajstić information content (AvgIpc) is 3.02. The van der Waals surface area contributed by atoms with Gasteiger partial charge in [0.05, 0.1) is 32.4 Å². The largest absolute Gasteiger partial charge is 1.00 e. The Hall–Kier alpha value is -1.01. The molecule has 0 atom stereocenters. The average molecular weight is 393 g/mol. The van der Waals surface area contributed by atoms with Gasteiger partial charge in [-0.05, 0) is 24.3 Å². The molecule has 0 amide bonds. The molecule has 0 unspecified atom stereocenters. The van der Waals surface area contributed by atoms with E-state index in [0.29, 0.717) is 21.9 Å². The molecule has 1 N–H and O–H groups in total. The molecule has 2 aromatic carbocycles. The first-order valence-electron chi connectivity index (χ1n) is 6.41. The quantitative estimate of drug-likeness (QED) is 0.550. The molecule has 8 heteroatoms. The van der Waals surface area contributed by atoms with Crippen molar-refractivity contribution >= 4 is 40.8 Å². The van der Waals surface area contributed by atoms with Gasteiger partial charge in [0.15, 0.2) is 5.76 Å². The number of halogens is 3. The number of carboxylic acid groups (broad SMARTS) is 1. The number of oxazole rings is 1. The molecule has 0 aliphatic heterocycles. The van der Waals surface area contributed by atoms with E-state index in [0.717, 1.165) is 0 Å². The van der Waals surface area contributed by atoms with Gasteiger partial charge in [-0.1, -0.05) is 46.9 Å². The van der Waals surface area contributed by atoms with Gasteiger partial charge in [-0.15, -0.1) is 0 Å². The van der Waals surface area contributed by atoms with Gasteiger partial charge in [-0.25, -0.2) is 9.78 Å². The molecule has 0 bridgehead atoms. The van der Waals surface area contributed by atoms with E-state index in [-0.39, 0.29) is 52.5 Å². The van der Waals surface area contributed by atoms with E-state index in [1.54, 1.807) is 30.3 Å². The Balaban J connectivity index is 0.00000156. The predicted molar refractivity (Wildman–Crippen MR) is 90.5 cm³/mol. The molecule has 3 rings (SSSR count). The molecule has 0 saturated heterocycles. The number of hydrogen-bond donors (Lipinski definition) is 1. The first kappa shape index (κ1) is 19.3. The van der Waals surface area contributed by atoms with Gasteiger partial charge >= 0.3 is 35.5 Å². The summed E-state index contributed by atoms with van der Waals surface area (Å²) in [6, 6.07) is 9.69. The molecular formula is C16H9Cl3NNaO3. The molecule has 0 saturated carbocycles. The monoisotopic (exact) mass is 391 g/mol. The third kappa shape index (κ3) is 3.64. The Labute approximate surface area is 176 Å². The number of hydrogen-bond acceptors (Lipinski definition) is 3. The number of carbonyl (C=O) groups is 1. The van der Waals surface area contributed by atoms with Crippen LogP contribution in [0.4, 0.5) is 0 Å². The summed E-state index contributed by atoms with van der Waals surface area (Å²) in [6.45, 7) is 0. The van der Waals surface area contributed by atoms with Crippen LogP contribution in [0.3, 0.4) is 0 Å². The summed E-state index contributed by atoms with van der Waals surface area (Å²) in [7, 11) is 0. The minimum absolute atomic E-state index is 0. The molecular weight excluding hydrogens is 384 g/mol. The van der Waals surface area contributed by atoms with Gasteiger partial charge in [0.25, 0.3) is 0 Å². The van der Waals surface area contributed by atoms with E-state index >= 15 is 0 Å². The fourth-order valence-corrected chi connectivity index (χ4v) is 2.72. The van der Waals surface area contributed by atoms with Crippen molar-refractivity contribution in [2.24, 2.45) is 0 Å². The van der Waals surface area contributed by atoms with Crippen LogP contribution in [-0.2, 0) is 0 Å². The van der Waals surface area contributed by atoms with Crippen molar-refractivity contribution in [1.82, 2.24) is 4.98 Å². The fraction of sp³-hybridized carbons (Fsp3) is 0. The molecule has 0 spiro atoms. The molecule has 0 aliphatic rings. The molecule has 24 heavy (non-hydrogen) atoms. The zero-order valence-electron chi connectivity index (χ0n) is 13.4. The second-order valence-electron chi connectivity index (χ2n) is 4.60. The summed E-state index contributed by atoms with van der Waals surface area (Å²) < 4.78 is 5.66. The Morgan fingerprint density at radius 2 is 1.75 bits per heavy atom. The Bertz CT molecular complexity index is 917. The number of rotatable bonds is 3. The van der Waals surface area contributed by atoms with Gasteiger partial charge in [0.1, 0.15) is 0 Å². The first-order chi connectivity index (χ1) is 11.0. The molecule has 0 fully saturated rings. The molecule has 1 aromatic heterocycles. The maximum absolute atomic E-state index is 11.3. The van der Waals surface area contributed by atoms with Gasteiger partial charge in [0, 0.05) is 5.56 Å². The minimum Gasteiger partial charge on any atom is -1.00 e. The van der Waals surface area contributed by atoms with Crippen LogP contribution >= 0.6 is 34.8 Å². The summed E-state index contributed by atoms with van der Waals surface area (Å²) in [4.78, 5) is 15.4. The van der Waals surface area contributed by atoms with Crippen LogP contribution in [0, 0.1) is 0 Å². The van der Waals surface area contributed by atoms with Crippen molar-refractivity contribution in [2.75, 3.05) is 0 Å². The number of carboxylic acids is 1. The van der Waals surface area contributed by atoms with Crippen LogP contribution in [0.25, 0.3) is 22.8 Å². The molecule has 0 aliphatic carbocycles. The SMILES string of the molecule is O=C(O)c1ccccc1-c1ncc(-c2ccc(Cl)c(Cl)c2Cl)o1.[H-].[Na+]. The number of nitrogens with zero attached hydrogens (tertiary/aromatic N) is 1. The maximum Gasteiger partial charge on any atom is 1.00 e. The van der Waals surface area contributed by atoms with E-state index in [2.05, 4.69) is 4.98 Å². The van der Waals surface area contributed by atoms with Crippen molar-refractivity contribution in [3.63, 3.8) is 0 Å². The summed E-state index contributed by atoms with van der Waals surface area (Å²) in [5.74, 6) is -0.517. The van der Waals surface area contributed by atoms with Crippen LogP contribution < -0.4 is 29.6 Å². The topological polar surface area (TPSA) is 63.3 Å². The normalized spacial score (nSPS) is 10.3.